The molecule has 0 fully saturated rings. The maximum Gasteiger partial charge on any atom is 0.296 e. The summed E-state index contributed by atoms with van der Waals surface area (Å²) in [6, 6.07) is 12.3. The third-order valence-corrected chi connectivity index (χ3v) is 10.7. The normalized spacial score (nSPS) is 13.8. The van der Waals surface area contributed by atoms with E-state index in [1.54, 1.807) is 39.9 Å². The average Bonchev–Trinajstić information content (AvgIpc) is 2.72. The molecule has 0 aliphatic heterocycles. The van der Waals surface area contributed by atoms with Crippen molar-refractivity contribution in [1.82, 2.24) is 10.1 Å². The molecule has 1 heterocycles. The molecule has 0 aliphatic rings. The fraction of sp³-hybridized carbons (Fsp3) is 0.450. The topological polar surface area (TPSA) is 85.4 Å². The van der Waals surface area contributed by atoms with E-state index in [1.807, 2.05) is 32.0 Å². The van der Waals surface area contributed by atoms with Gasteiger partial charge >= 0.3 is 0 Å². The van der Waals surface area contributed by atoms with Gasteiger partial charge in [0, 0.05) is 30.8 Å². The number of pyridine rings is 1. The second kappa shape index (κ2) is 12.9. The van der Waals surface area contributed by atoms with Crippen LogP contribution in [0.15, 0.2) is 58.6 Å². The lowest BCUT2D eigenvalue weighted by molar-refractivity contribution is 0.338. The van der Waals surface area contributed by atoms with Crippen molar-refractivity contribution in [3.63, 3.8) is 0 Å². The van der Waals surface area contributed by atoms with E-state index < -0.39 is 17.4 Å². The number of hydrogen-bond acceptors (Lipinski definition) is 7. The maximum absolute atomic E-state index is 13.1. The molecule has 0 amide bonds. The van der Waals surface area contributed by atoms with Crippen LogP contribution in [0.3, 0.4) is 0 Å². The molecule has 1 unspecified atom stereocenters. The SMILES string of the molecule is CCCP(=O)(CCOS(=O)(=O)c1ccc(C)cc1)NCCCSSc1ccccn1. The Morgan fingerprint density at radius 1 is 1.13 bits per heavy atom. The highest BCUT2D eigenvalue weighted by atomic mass is 33.1. The number of rotatable bonds is 14. The molecule has 166 valence electrons. The van der Waals surface area contributed by atoms with Crippen LogP contribution in [0.5, 0.6) is 0 Å². The molecule has 0 saturated heterocycles. The summed E-state index contributed by atoms with van der Waals surface area (Å²) in [5.74, 6) is 0.901. The first kappa shape index (κ1) is 25.4. The smallest absolute Gasteiger partial charge is 0.296 e. The van der Waals surface area contributed by atoms with Crippen molar-refractivity contribution in [2.24, 2.45) is 0 Å². The number of hydrogen-bond donors (Lipinski definition) is 1. The molecule has 0 aliphatic carbocycles. The van der Waals surface area contributed by atoms with Crippen LogP contribution >= 0.6 is 28.9 Å². The molecule has 0 bridgehead atoms. The number of aromatic nitrogens is 1. The van der Waals surface area contributed by atoms with Gasteiger partial charge in [-0.1, -0.05) is 41.5 Å². The number of nitrogens with one attached hydrogen (secondary N) is 1. The lowest BCUT2D eigenvalue weighted by Crippen LogP contribution is -2.20. The summed E-state index contributed by atoms with van der Waals surface area (Å²) in [7, 11) is -3.18. The van der Waals surface area contributed by atoms with Gasteiger partial charge in [0.25, 0.3) is 10.1 Å². The molecule has 30 heavy (non-hydrogen) atoms. The highest BCUT2D eigenvalue weighted by Gasteiger charge is 2.22. The summed E-state index contributed by atoms with van der Waals surface area (Å²) in [5, 5.41) is 4.14. The summed E-state index contributed by atoms with van der Waals surface area (Å²) >= 11 is 0. The van der Waals surface area contributed by atoms with E-state index in [2.05, 4.69) is 10.1 Å². The Bertz CT molecular complexity index is 909. The molecule has 1 aromatic heterocycles. The van der Waals surface area contributed by atoms with Crippen molar-refractivity contribution in [2.75, 3.05) is 31.2 Å². The predicted molar refractivity (Wildman–Crippen MR) is 127 cm³/mol. The van der Waals surface area contributed by atoms with Gasteiger partial charge in [-0.05, 0) is 54.8 Å². The Morgan fingerprint density at radius 3 is 2.57 bits per heavy atom. The van der Waals surface area contributed by atoms with E-state index in [0.29, 0.717) is 12.7 Å². The summed E-state index contributed by atoms with van der Waals surface area (Å²) in [6.45, 7) is 4.39. The first-order chi connectivity index (χ1) is 14.3. The second-order valence-corrected chi connectivity index (χ2v) is 13.8. The largest absolute Gasteiger partial charge is 0.307 e. The highest BCUT2D eigenvalue weighted by molar-refractivity contribution is 8.76. The van der Waals surface area contributed by atoms with Crippen molar-refractivity contribution >= 4 is 39.0 Å². The van der Waals surface area contributed by atoms with Crippen molar-refractivity contribution < 1.29 is 17.2 Å². The fourth-order valence-electron chi connectivity index (χ4n) is 2.61. The molecule has 2 aromatic rings. The predicted octanol–water partition coefficient (Wildman–Crippen LogP) is 5.20. The third-order valence-electron chi connectivity index (χ3n) is 4.17. The summed E-state index contributed by atoms with van der Waals surface area (Å²) < 4.78 is 42.9. The first-order valence-corrected chi connectivity index (χ1v) is 15.6. The van der Waals surface area contributed by atoms with Crippen LogP contribution in [0.4, 0.5) is 0 Å². The molecule has 2 rings (SSSR count). The number of aryl methyl sites for hydroxylation is 1. The van der Waals surface area contributed by atoms with Crippen molar-refractivity contribution in [2.45, 2.75) is 36.6 Å². The van der Waals surface area contributed by atoms with Crippen LogP contribution in [-0.4, -0.2) is 44.6 Å². The molecule has 10 heteroatoms. The van der Waals surface area contributed by atoms with E-state index in [1.165, 1.54) is 12.1 Å². The maximum atomic E-state index is 13.1. The van der Waals surface area contributed by atoms with Crippen molar-refractivity contribution in [3.8, 4) is 0 Å². The zero-order chi connectivity index (χ0) is 21.9. The minimum absolute atomic E-state index is 0.0925. The molecule has 1 atom stereocenters. The summed E-state index contributed by atoms with van der Waals surface area (Å²) in [5.41, 5.74) is 0.974. The van der Waals surface area contributed by atoms with E-state index in [-0.39, 0.29) is 17.7 Å². The van der Waals surface area contributed by atoms with Gasteiger partial charge < -0.3 is 4.57 Å². The standard InChI is InChI=1S/C20H29N2O4PS3/c1-3-15-27(23,22-13-6-17-28-29-20-7-4-5-12-21-20)16-14-26-30(24,25)19-10-8-18(2)9-11-19/h4-5,7-12H,3,6,13-17H2,1-2H3,(H,22,23). The number of benzene rings is 1. The van der Waals surface area contributed by atoms with Gasteiger partial charge in [0.05, 0.1) is 11.5 Å². The van der Waals surface area contributed by atoms with Crippen LogP contribution in [-0.2, 0) is 18.9 Å². The molecule has 6 nitrogen and oxygen atoms in total. The van der Waals surface area contributed by atoms with Gasteiger partial charge in [0.2, 0.25) is 0 Å². The van der Waals surface area contributed by atoms with Gasteiger partial charge in [-0.3, -0.25) is 9.27 Å². The second-order valence-electron chi connectivity index (χ2n) is 6.76. The molecular weight excluding hydrogens is 459 g/mol. The molecular formula is C20H29N2O4PS3. The lowest BCUT2D eigenvalue weighted by Gasteiger charge is -2.19. The van der Waals surface area contributed by atoms with Gasteiger partial charge in [0.1, 0.15) is 12.3 Å². The van der Waals surface area contributed by atoms with E-state index >= 15 is 0 Å². The summed E-state index contributed by atoms with van der Waals surface area (Å²) in [6.07, 6.45) is 4.12. The Kier molecular flexibility index (Phi) is 10.9. The van der Waals surface area contributed by atoms with E-state index in [0.717, 1.165) is 29.2 Å². The van der Waals surface area contributed by atoms with Crippen LogP contribution in [0.1, 0.15) is 25.3 Å². The average molecular weight is 489 g/mol. The zero-order valence-corrected chi connectivity index (χ0v) is 20.7. The van der Waals surface area contributed by atoms with Crippen LogP contribution in [0, 0.1) is 6.92 Å². The minimum atomic E-state index is -3.83. The van der Waals surface area contributed by atoms with Crippen LogP contribution in [0.2, 0.25) is 0 Å². The Morgan fingerprint density at radius 2 is 1.90 bits per heavy atom. The lowest BCUT2D eigenvalue weighted by atomic mass is 10.2. The Balaban J connectivity index is 1.73. The summed E-state index contributed by atoms with van der Waals surface area (Å²) in [4.78, 5) is 4.38. The molecule has 0 radical (unpaired) electrons. The first-order valence-electron chi connectivity index (χ1n) is 9.84. The van der Waals surface area contributed by atoms with Crippen molar-refractivity contribution in [1.29, 1.82) is 0 Å². The van der Waals surface area contributed by atoms with Crippen LogP contribution in [0.25, 0.3) is 0 Å². The fourth-order valence-corrected chi connectivity index (χ4v) is 7.82. The van der Waals surface area contributed by atoms with E-state index in [9.17, 15) is 13.0 Å². The third kappa shape index (κ3) is 9.12. The molecule has 1 N–H and O–H groups in total. The molecule has 1 aromatic carbocycles. The van der Waals surface area contributed by atoms with Gasteiger partial charge in [-0.15, -0.1) is 0 Å². The zero-order valence-electron chi connectivity index (χ0n) is 17.3. The monoisotopic (exact) mass is 488 g/mol. The highest BCUT2D eigenvalue weighted by Crippen LogP contribution is 2.41. The Hall–Kier alpha value is -0.830. The quantitative estimate of drug-likeness (QED) is 0.168. The van der Waals surface area contributed by atoms with Crippen molar-refractivity contribution in [3.05, 3.63) is 54.2 Å². The molecule has 0 spiro atoms. The van der Waals surface area contributed by atoms with Gasteiger partial charge in [-0.2, -0.15) is 8.42 Å². The molecule has 0 saturated carbocycles. The van der Waals surface area contributed by atoms with Gasteiger partial charge in [-0.25, -0.2) is 4.98 Å². The Labute approximate surface area is 187 Å². The number of nitrogens with zero attached hydrogens (tertiary/aromatic N) is 1. The minimum Gasteiger partial charge on any atom is -0.307 e. The van der Waals surface area contributed by atoms with E-state index in [4.69, 9.17) is 4.18 Å². The van der Waals surface area contributed by atoms with Gasteiger partial charge in [0.15, 0.2) is 0 Å². The van der Waals surface area contributed by atoms with Crippen LogP contribution < -0.4 is 5.09 Å².